The third-order valence-electron chi connectivity index (χ3n) is 13.4. The zero-order valence-electron chi connectivity index (χ0n) is 37.7. The topological polar surface area (TPSA) is 34.1 Å². The molecule has 0 amide bonds. The second-order valence-electron chi connectivity index (χ2n) is 19.3. The Kier molecular flexibility index (Phi) is 24.4. The van der Waals surface area contributed by atoms with Gasteiger partial charge < -0.3 is 0 Å². The molecule has 314 valence electrons. The Balaban J connectivity index is 2.37. The van der Waals surface area contributed by atoms with E-state index in [1.807, 2.05) is 18.7 Å². The van der Waals surface area contributed by atoms with Gasteiger partial charge in [0, 0.05) is 23.0 Å². The van der Waals surface area contributed by atoms with Gasteiger partial charge in [-0.25, -0.2) is 0 Å². The van der Waals surface area contributed by atoms with Gasteiger partial charge in [-0.15, -0.1) is 0 Å². The fourth-order valence-electron chi connectivity index (χ4n) is 10.6. The van der Waals surface area contributed by atoms with E-state index < -0.39 is 4.75 Å². The van der Waals surface area contributed by atoms with Crippen LogP contribution >= 0.6 is 23.5 Å². The SMILES string of the molecule is CCCCCCCCCCCCSC(C)C(=O)C(C1C(C)=CCCC1(C)C)C(CC(C)=O)(SCCCCCCCCCCCC)C1C(C)=CCCC1(C)C. The van der Waals surface area contributed by atoms with Gasteiger partial charge in [-0.3, -0.25) is 9.59 Å². The Morgan fingerprint density at radius 1 is 0.667 bits per heavy atom. The molecule has 0 spiro atoms. The Labute approximate surface area is 346 Å². The van der Waals surface area contributed by atoms with Crippen LogP contribution in [0.3, 0.4) is 0 Å². The smallest absolute Gasteiger partial charge is 0.150 e. The van der Waals surface area contributed by atoms with Crippen molar-refractivity contribution in [2.75, 3.05) is 11.5 Å². The molecular formula is C50H90O2S2. The minimum atomic E-state index is -0.465. The molecule has 2 nitrogen and oxygen atoms in total. The van der Waals surface area contributed by atoms with Crippen LogP contribution in [0.2, 0.25) is 0 Å². The summed E-state index contributed by atoms with van der Waals surface area (Å²) >= 11 is 3.97. The van der Waals surface area contributed by atoms with E-state index in [0.717, 1.165) is 37.2 Å². The Bertz CT molecular complexity index is 1120. The summed E-state index contributed by atoms with van der Waals surface area (Å²) in [5.74, 6) is 2.90. The fourth-order valence-corrected chi connectivity index (χ4v) is 13.8. The van der Waals surface area contributed by atoms with Gasteiger partial charge in [0.15, 0.2) is 5.78 Å². The zero-order chi connectivity index (χ0) is 40.0. The fraction of sp³-hybridized carbons (Fsp3) is 0.880. The normalized spacial score (nSPS) is 21.9. The predicted molar refractivity (Wildman–Crippen MR) is 245 cm³/mol. The molecule has 2 aliphatic rings. The van der Waals surface area contributed by atoms with Gasteiger partial charge in [0.25, 0.3) is 0 Å². The van der Waals surface area contributed by atoms with E-state index in [-0.39, 0.29) is 39.6 Å². The number of hydrogen-bond donors (Lipinski definition) is 0. The average molecular weight is 787 g/mol. The number of allylic oxidation sites excluding steroid dienone is 4. The van der Waals surface area contributed by atoms with Crippen molar-refractivity contribution >= 4 is 35.1 Å². The molecule has 0 aromatic rings. The molecule has 2 rings (SSSR count). The minimum Gasteiger partial charge on any atom is -0.300 e. The first-order valence-corrected chi connectivity index (χ1v) is 25.4. The molecule has 0 heterocycles. The summed E-state index contributed by atoms with van der Waals surface area (Å²) in [6.07, 6.45) is 36.4. The van der Waals surface area contributed by atoms with Gasteiger partial charge in [-0.05, 0) is 94.5 Å². The van der Waals surface area contributed by atoms with Gasteiger partial charge >= 0.3 is 0 Å². The molecule has 0 aromatic heterocycles. The highest BCUT2D eigenvalue weighted by molar-refractivity contribution is 8.01. The molecule has 0 saturated carbocycles. The van der Waals surface area contributed by atoms with E-state index in [4.69, 9.17) is 0 Å². The highest BCUT2D eigenvalue weighted by Gasteiger charge is 2.60. The number of thioether (sulfide) groups is 2. The van der Waals surface area contributed by atoms with E-state index in [1.165, 1.54) is 140 Å². The Morgan fingerprint density at radius 2 is 1.09 bits per heavy atom. The van der Waals surface area contributed by atoms with Gasteiger partial charge in [0.1, 0.15) is 5.78 Å². The minimum absolute atomic E-state index is 0.00373. The van der Waals surface area contributed by atoms with Crippen molar-refractivity contribution in [1.29, 1.82) is 0 Å². The van der Waals surface area contributed by atoms with Crippen LogP contribution in [-0.2, 0) is 9.59 Å². The van der Waals surface area contributed by atoms with Crippen LogP contribution in [0.15, 0.2) is 23.3 Å². The Morgan fingerprint density at radius 3 is 1.54 bits per heavy atom. The summed E-state index contributed by atoms with van der Waals surface area (Å²) in [6, 6.07) is 0. The first kappa shape index (κ1) is 49.7. The lowest BCUT2D eigenvalue weighted by Gasteiger charge is -2.57. The molecule has 4 heteroatoms. The molecule has 0 N–H and O–H groups in total. The van der Waals surface area contributed by atoms with E-state index >= 15 is 4.79 Å². The summed E-state index contributed by atoms with van der Waals surface area (Å²) in [5, 5.41) is -0.0701. The number of Topliss-reactive ketones (excluding diaryl/α,β-unsaturated/α-hetero) is 2. The van der Waals surface area contributed by atoms with Gasteiger partial charge in [-0.1, -0.05) is 180 Å². The Hall–Kier alpha value is -0.480. The van der Waals surface area contributed by atoms with Gasteiger partial charge in [0.2, 0.25) is 0 Å². The lowest BCUT2D eigenvalue weighted by Crippen LogP contribution is -2.59. The number of carbonyl (C=O) groups excluding carboxylic acids is 2. The summed E-state index contributed by atoms with van der Waals surface area (Å²) < 4.78 is -0.465. The molecule has 2 aliphatic carbocycles. The monoisotopic (exact) mass is 787 g/mol. The lowest BCUT2D eigenvalue weighted by atomic mass is 9.52. The van der Waals surface area contributed by atoms with Crippen LogP contribution in [0.25, 0.3) is 0 Å². The molecule has 0 aromatic carbocycles. The molecular weight excluding hydrogens is 697 g/mol. The molecule has 0 fully saturated rings. The highest BCUT2D eigenvalue weighted by atomic mass is 32.2. The molecule has 0 saturated heterocycles. The molecule has 0 radical (unpaired) electrons. The highest BCUT2D eigenvalue weighted by Crippen LogP contribution is 2.62. The van der Waals surface area contributed by atoms with Crippen molar-refractivity contribution in [2.45, 2.75) is 240 Å². The number of ketones is 2. The largest absolute Gasteiger partial charge is 0.300 e. The molecule has 0 bridgehead atoms. The van der Waals surface area contributed by atoms with Crippen molar-refractivity contribution in [1.82, 2.24) is 0 Å². The van der Waals surface area contributed by atoms with Gasteiger partial charge in [0.05, 0.1) is 5.25 Å². The van der Waals surface area contributed by atoms with Crippen LogP contribution in [-0.4, -0.2) is 33.1 Å². The number of rotatable bonds is 31. The predicted octanol–water partition coefficient (Wildman–Crippen LogP) is 16.4. The van der Waals surface area contributed by atoms with E-state index in [0.29, 0.717) is 12.2 Å². The summed E-state index contributed by atoms with van der Waals surface area (Å²) in [4.78, 5) is 29.4. The second kappa shape index (κ2) is 26.5. The maximum Gasteiger partial charge on any atom is 0.150 e. The third kappa shape index (κ3) is 16.4. The summed E-state index contributed by atoms with van der Waals surface area (Å²) in [5.41, 5.74) is 2.82. The first-order valence-electron chi connectivity index (χ1n) is 23.4. The van der Waals surface area contributed by atoms with E-state index in [2.05, 4.69) is 86.2 Å². The van der Waals surface area contributed by atoms with Crippen molar-refractivity contribution in [3.05, 3.63) is 23.3 Å². The third-order valence-corrected chi connectivity index (χ3v) is 16.3. The molecule has 54 heavy (non-hydrogen) atoms. The van der Waals surface area contributed by atoms with Crippen molar-refractivity contribution < 1.29 is 9.59 Å². The van der Waals surface area contributed by atoms with Crippen LogP contribution in [0.1, 0.15) is 230 Å². The first-order chi connectivity index (χ1) is 25.7. The number of carbonyl (C=O) groups is 2. The average Bonchev–Trinajstić information content (AvgIpc) is 3.09. The van der Waals surface area contributed by atoms with Crippen molar-refractivity contribution in [2.24, 2.45) is 28.6 Å². The second-order valence-corrected chi connectivity index (χ2v) is 22.2. The standard InChI is InChI=1S/C50H90O2S2/c1-11-13-15-17-19-21-23-25-27-29-37-53-43(6)46(52)45(44-40(3)33-31-35-48(44,7)8)50(39-42(5)51,47-41(4)34-32-36-49(47,9)10)54-38-30-28-26-24-22-20-18-16-14-12-2/h33-34,43-45,47H,11-32,35-39H2,1-10H3. The van der Waals surface area contributed by atoms with Crippen molar-refractivity contribution in [3.63, 3.8) is 0 Å². The quantitative estimate of drug-likeness (QED) is 0.0518. The van der Waals surface area contributed by atoms with E-state index in [1.54, 1.807) is 0 Å². The van der Waals surface area contributed by atoms with Crippen LogP contribution in [0, 0.1) is 28.6 Å². The summed E-state index contributed by atoms with van der Waals surface area (Å²) in [6.45, 7) is 23.0. The van der Waals surface area contributed by atoms with Crippen LogP contribution in [0.5, 0.6) is 0 Å². The lowest BCUT2D eigenvalue weighted by molar-refractivity contribution is -0.129. The van der Waals surface area contributed by atoms with Crippen molar-refractivity contribution in [3.8, 4) is 0 Å². The number of hydrogen-bond acceptors (Lipinski definition) is 4. The molecule has 5 unspecified atom stereocenters. The van der Waals surface area contributed by atoms with Crippen LogP contribution in [0.4, 0.5) is 0 Å². The zero-order valence-corrected chi connectivity index (χ0v) is 39.3. The molecule has 5 atom stereocenters. The van der Waals surface area contributed by atoms with E-state index in [9.17, 15) is 4.79 Å². The summed E-state index contributed by atoms with van der Waals surface area (Å²) in [7, 11) is 0. The number of unbranched alkanes of at least 4 members (excludes halogenated alkanes) is 18. The van der Waals surface area contributed by atoms with Gasteiger partial charge in [-0.2, -0.15) is 23.5 Å². The maximum absolute atomic E-state index is 15.6. The maximum atomic E-state index is 15.6. The molecule has 0 aliphatic heterocycles. The van der Waals surface area contributed by atoms with Crippen LogP contribution < -0.4 is 0 Å².